The first kappa shape index (κ1) is 37.3. The normalized spacial score (nSPS) is 13.8. The van der Waals surface area contributed by atoms with Crippen LogP contribution in [0.15, 0.2) is 65.8 Å². The fraction of sp³-hybridized carbons (Fsp3) is 0.531. The van der Waals surface area contributed by atoms with Crippen molar-refractivity contribution in [3.05, 3.63) is 82.2 Å². The van der Waals surface area contributed by atoms with Crippen molar-refractivity contribution in [3.63, 3.8) is 0 Å². The van der Waals surface area contributed by atoms with E-state index < -0.39 is 54.0 Å². The van der Waals surface area contributed by atoms with Crippen molar-refractivity contribution in [3.8, 4) is 0 Å². The molecule has 1 amide bonds. The number of alkyl carbamates (subject to hydrolysis) is 1. The first-order chi connectivity index (χ1) is 21.0. The predicted molar refractivity (Wildman–Crippen MR) is 171 cm³/mol. The van der Waals surface area contributed by atoms with E-state index in [9.17, 15) is 18.9 Å². The van der Waals surface area contributed by atoms with Crippen LogP contribution in [0.25, 0.3) is 10.4 Å². The van der Waals surface area contributed by atoms with Crippen LogP contribution in [0.4, 0.5) is 4.79 Å². The van der Waals surface area contributed by atoms with Gasteiger partial charge in [-0.05, 0) is 71.0 Å². The summed E-state index contributed by atoms with van der Waals surface area (Å²) in [4.78, 5) is 43.9. The summed E-state index contributed by atoms with van der Waals surface area (Å²) in [6, 6.07) is 18.0. The first-order valence-corrected chi connectivity index (χ1v) is 16.5. The second kappa shape index (κ2) is 16.5. The number of azide groups is 1. The van der Waals surface area contributed by atoms with Gasteiger partial charge in [0.15, 0.2) is 5.41 Å². The SMILES string of the molecule is COP(=O)(CC(CCCN=[N+]=[N-])(C(=O)OC(C)(C)C)C(=O)OC(C)(C)C)C(Cc1ccccc1)NC(=O)OCc1ccccc1. The van der Waals surface area contributed by atoms with Gasteiger partial charge in [0.2, 0.25) is 7.37 Å². The highest BCUT2D eigenvalue weighted by Crippen LogP contribution is 2.57. The minimum atomic E-state index is -4.16. The molecule has 2 rings (SSSR count). The van der Waals surface area contributed by atoms with E-state index in [-0.39, 0.29) is 32.4 Å². The molecule has 2 unspecified atom stereocenters. The van der Waals surface area contributed by atoms with Crippen LogP contribution < -0.4 is 5.32 Å². The number of amides is 1. The molecule has 1 N–H and O–H groups in total. The number of hydrogen-bond acceptors (Lipinski definition) is 9. The second-order valence-corrected chi connectivity index (χ2v) is 15.4. The lowest BCUT2D eigenvalue weighted by Gasteiger charge is -2.38. The quantitative estimate of drug-likeness (QED) is 0.0311. The molecule has 0 saturated heterocycles. The fourth-order valence-corrected chi connectivity index (χ4v) is 7.01. The van der Waals surface area contributed by atoms with Crippen molar-refractivity contribution in [2.75, 3.05) is 19.8 Å². The number of ether oxygens (including phenoxy) is 3. The number of esters is 2. The maximum atomic E-state index is 15.0. The maximum absolute atomic E-state index is 15.0. The highest BCUT2D eigenvalue weighted by molar-refractivity contribution is 7.59. The van der Waals surface area contributed by atoms with Crippen LogP contribution >= 0.6 is 7.37 Å². The van der Waals surface area contributed by atoms with Crippen molar-refractivity contribution < 1.29 is 37.7 Å². The summed E-state index contributed by atoms with van der Waals surface area (Å²) in [5.74, 6) is -3.14. The lowest BCUT2D eigenvalue weighted by Crippen LogP contribution is -2.50. The monoisotopic (exact) mass is 644 g/mol. The minimum absolute atomic E-state index is 0.0316. The van der Waals surface area contributed by atoms with Gasteiger partial charge in [0, 0.05) is 25.0 Å². The van der Waals surface area contributed by atoms with E-state index in [4.69, 9.17) is 24.3 Å². The molecule has 246 valence electrons. The summed E-state index contributed by atoms with van der Waals surface area (Å²) in [5.41, 5.74) is 6.10. The van der Waals surface area contributed by atoms with Gasteiger partial charge >= 0.3 is 18.0 Å². The summed E-state index contributed by atoms with van der Waals surface area (Å²) in [6.45, 7) is 9.77. The zero-order valence-electron chi connectivity index (χ0n) is 27.1. The molecule has 2 atom stereocenters. The summed E-state index contributed by atoms with van der Waals surface area (Å²) >= 11 is 0. The van der Waals surface area contributed by atoms with E-state index in [0.717, 1.165) is 5.56 Å². The number of nitrogens with one attached hydrogen (secondary N) is 1. The summed E-state index contributed by atoms with van der Waals surface area (Å²) < 4.78 is 37.5. The van der Waals surface area contributed by atoms with E-state index in [1.807, 2.05) is 24.3 Å². The molecule has 0 aromatic heterocycles. The van der Waals surface area contributed by atoms with Crippen LogP contribution in [0.3, 0.4) is 0 Å². The molecular formula is C32H45N4O8P. The Labute approximate surface area is 265 Å². The molecule has 13 heteroatoms. The molecule has 45 heavy (non-hydrogen) atoms. The third kappa shape index (κ3) is 12.2. The van der Waals surface area contributed by atoms with E-state index in [2.05, 4.69) is 15.3 Å². The maximum Gasteiger partial charge on any atom is 0.408 e. The number of carbonyl (C=O) groups is 3. The highest BCUT2D eigenvalue weighted by Gasteiger charge is 2.56. The fourth-order valence-electron chi connectivity index (χ4n) is 4.45. The number of hydrogen-bond donors (Lipinski definition) is 1. The molecule has 0 spiro atoms. The third-order valence-electron chi connectivity index (χ3n) is 6.55. The molecule has 0 aliphatic carbocycles. The zero-order valence-corrected chi connectivity index (χ0v) is 28.0. The van der Waals surface area contributed by atoms with Gasteiger partial charge in [-0.25, -0.2) is 4.79 Å². The molecule has 0 aliphatic rings. The second-order valence-electron chi connectivity index (χ2n) is 12.6. The molecule has 2 aromatic rings. The highest BCUT2D eigenvalue weighted by atomic mass is 31.2. The average molecular weight is 645 g/mol. The van der Waals surface area contributed by atoms with Crippen LogP contribution in [0.5, 0.6) is 0 Å². The Hall–Kier alpha value is -3.85. The van der Waals surface area contributed by atoms with Gasteiger partial charge in [-0.1, -0.05) is 65.8 Å². The van der Waals surface area contributed by atoms with E-state index >= 15 is 0 Å². The molecule has 0 fully saturated rings. The van der Waals surface area contributed by atoms with Crippen molar-refractivity contribution in [2.45, 2.75) is 84.4 Å². The van der Waals surface area contributed by atoms with Gasteiger partial charge in [-0.2, -0.15) is 0 Å². The van der Waals surface area contributed by atoms with E-state index in [1.54, 1.807) is 77.9 Å². The Balaban J connectivity index is 2.61. The van der Waals surface area contributed by atoms with Gasteiger partial charge in [0.1, 0.15) is 23.6 Å². The van der Waals surface area contributed by atoms with Crippen LogP contribution in [0.2, 0.25) is 0 Å². The summed E-state index contributed by atoms with van der Waals surface area (Å²) in [6.07, 6.45) is -1.64. The van der Waals surface area contributed by atoms with Crippen LogP contribution in [-0.2, 0) is 45.9 Å². The standard InChI is InChI=1S/C32H45N4O8P/c1-30(2,3)43-27(37)32(19-14-20-34-36-33,28(38)44-31(4,5)6)23-45(40,41-7)26(21-24-15-10-8-11-16-24)35-29(39)42-22-25-17-12-9-13-18-25/h8-13,15-18,26H,14,19-23H2,1-7H3,(H,35,39). The Bertz CT molecular complexity index is 1340. The van der Waals surface area contributed by atoms with Gasteiger partial charge in [0.05, 0.1) is 6.16 Å². The molecule has 0 bridgehead atoms. The first-order valence-electron chi connectivity index (χ1n) is 14.7. The van der Waals surface area contributed by atoms with Crippen LogP contribution in [-0.4, -0.2) is 54.8 Å². The van der Waals surface area contributed by atoms with Gasteiger partial charge in [-0.3, -0.25) is 14.2 Å². The Kier molecular flexibility index (Phi) is 13.7. The van der Waals surface area contributed by atoms with Gasteiger partial charge in [-0.15, -0.1) is 0 Å². The molecule has 12 nitrogen and oxygen atoms in total. The number of carbonyl (C=O) groups excluding carboxylic acids is 3. The Morgan fingerprint density at radius 2 is 1.40 bits per heavy atom. The zero-order chi connectivity index (χ0) is 33.7. The summed E-state index contributed by atoms with van der Waals surface area (Å²) in [7, 11) is -2.96. The van der Waals surface area contributed by atoms with Gasteiger partial charge < -0.3 is 24.1 Å². The Morgan fingerprint density at radius 1 is 0.889 bits per heavy atom. The van der Waals surface area contributed by atoms with Crippen molar-refractivity contribution in [1.82, 2.24) is 5.32 Å². The molecule has 0 aliphatic heterocycles. The largest absolute Gasteiger partial charge is 0.459 e. The average Bonchev–Trinajstić information content (AvgIpc) is 2.96. The topological polar surface area (TPSA) is 166 Å². The minimum Gasteiger partial charge on any atom is -0.459 e. The smallest absolute Gasteiger partial charge is 0.408 e. The Morgan fingerprint density at radius 3 is 1.87 bits per heavy atom. The van der Waals surface area contributed by atoms with Crippen LogP contribution in [0.1, 0.15) is 65.5 Å². The van der Waals surface area contributed by atoms with Crippen molar-refractivity contribution in [2.24, 2.45) is 10.5 Å². The lowest BCUT2D eigenvalue weighted by molar-refractivity contribution is -0.184. The number of benzene rings is 2. The molecule has 0 radical (unpaired) electrons. The van der Waals surface area contributed by atoms with Crippen molar-refractivity contribution in [1.29, 1.82) is 0 Å². The van der Waals surface area contributed by atoms with Crippen molar-refractivity contribution >= 4 is 25.4 Å². The molecule has 0 heterocycles. The summed E-state index contributed by atoms with van der Waals surface area (Å²) in [5, 5.41) is 6.22. The predicted octanol–water partition coefficient (Wildman–Crippen LogP) is 7.17. The molecule has 0 saturated carbocycles. The van der Waals surface area contributed by atoms with E-state index in [0.29, 0.717) is 5.56 Å². The van der Waals surface area contributed by atoms with Crippen LogP contribution in [0, 0.1) is 5.41 Å². The van der Waals surface area contributed by atoms with E-state index in [1.165, 1.54) is 7.11 Å². The third-order valence-corrected chi connectivity index (χ3v) is 9.41. The van der Waals surface area contributed by atoms with Gasteiger partial charge in [0.25, 0.3) is 0 Å². The number of nitrogens with zero attached hydrogens (tertiary/aromatic N) is 3. The lowest BCUT2D eigenvalue weighted by atomic mass is 9.84. The molecule has 2 aromatic carbocycles. The molecular weight excluding hydrogens is 599 g/mol. The number of rotatable bonds is 15.